The predicted molar refractivity (Wildman–Crippen MR) is 96.1 cm³/mol. The first-order chi connectivity index (χ1) is 11.3. The number of carbonyl (C=O) groups excluding carboxylic acids is 1. The van der Waals surface area contributed by atoms with Gasteiger partial charge in [0.15, 0.2) is 0 Å². The molecule has 0 fully saturated rings. The summed E-state index contributed by atoms with van der Waals surface area (Å²) in [7, 11) is -3.70. The Morgan fingerprint density at radius 3 is 2.58 bits per heavy atom. The van der Waals surface area contributed by atoms with Crippen molar-refractivity contribution in [2.24, 2.45) is 5.92 Å². The van der Waals surface area contributed by atoms with Crippen LogP contribution in [-0.2, 0) is 10.0 Å². The zero-order valence-corrected chi connectivity index (χ0v) is 15.3. The molecule has 0 aromatic heterocycles. The SMILES string of the molecule is C#CCNS(=O)(=O)c1cccc(C(=O)N[C@@H](C)CCCC(C)C)c1. The summed E-state index contributed by atoms with van der Waals surface area (Å²) in [4.78, 5) is 12.3. The Morgan fingerprint density at radius 1 is 1.25 bits per heavy atom. The second kappa shape index (κ2) is 9.45. The second-order valence-corrected chi connectivity index (χ2v) is 8.02. The van der Waals surface area contributed by atoms with Gasteiger partial charge in [-0.3, -0.25) is 4.79 Å². The lowest BCUT2D eigenvalue weighted by atomic mass is 10.0. The van der Waals surface area contributed by atoms with Crippen molar-refractivity contribution in [3.05, 3.63) is 29.8 Å². The van der Waals surface area contributed by atoms with Gasteiger partial charge in [0, 0.05) is 11.6 Å². The first-order valence-corrected chi connectivity index (χ1v) is 9.58. The van der Waals surface area contributed by atoms with Crippen LogP contribution in [0.15, 0.2) is 29.2 Å². The highest BCUT2D eigenvalue weighted by Crippen LogP contribution is 2.13. The number of nitrogens with one attached hydrogen (secondary N) is 2. The topological polar surface area (TPSA) is 75.3 Å². The maximum absolute atomic E-state index is 12.3. The summed E-state index contributed by atoms with van der Waals surface area (Å²) in [5.41, 5.74) is 0.314. The van der Waals surface area contributed by atoms with Gasteiger partial charge in [0.05, 0.1) is 11.4 Å². The molecule has 1 rings (SSSR count). The molecule has 0 heterocycles. The highest BCUT2D eigenvalue weighted by atomic mass is 32.2. The van der Waals surface area contributed by atoms with Gasteiger partial charge >= 0.3 is 0 Å². The molecule has 0 unspecified atom stereocenters. The van der Waals surface area contributed by atoms with Crippen LogP contribution in [0.3, 0.4) is 0 Å². The van der Waals surface area contributed by atoms with E-state index >= 15 is 0 Å². The van der Waals surface area contributed by atoms with Crippen molar-refractivity contribution in [2.75, 3.05) is 6.54 Å². The summed E-state index contributed by atoms with van der Waals surface area (Å²) < 4.78 is 26.4. The van der Waals surface area contributed by atoms with Gasteiger partial charge in [0.1, 0.15) is 0 Å². The first kappa shape index (κ1) is 20.2. The molecular weight excluding hydrogens is 324 g/mol. The number of benzene rings is 1. The van der Waals surface area contributed by atoms with E-state index in [2.05, 4.69) is 29.8 Å². The smallest absolute Gasteiger partial charge is 0.251 e. The van der Waals surface area contributed by atoms with E-state index in [1.54, 1.807) is 12.1 Å². The van der Waals surface area contributed by atoms with Gasteiger partial charge in [-0.25, -0.2) is 8.42 Å². The third-order valence-corrected chi connectivity index (χ3v) is 4.97. The quantitative estimate of drug-likeness (QED) is 0.672. The summed E-state index contributed by atoms with van der Waals surface area (Å²) in [6.45, 7) is 6.20. The fourth-order valence-electron chi connectivity index (χ4n) is 2.24. The van der Waals surface area contributed by atoms with Gasteiger partial charge in [-0.15, -0.1) is 6.42 Å². The van der Waals surface area contributed by atoms with Gasteiger partial charge < -0.3 is 5.32 Å². The van der Waals surface area contributed by atoms with E-state index in [9.17, 15) is 13.2 Å². The minimum atomic E-state index is -3.70. The van der Waals surface area contributed by atoms with Crippen molar-refractivity contribution in [2.45, 2.75) is 51.0 Å². The lowest BCUT2D eigenvalue weighted by molar-refractivity contribution is 0.0937. The molecule has 1 atom stereocenters. The Morgan fingerprint density at radius 2 is 1.96 bits per heavy atom. The molecule has 6 heteroatoms. The maximum Gasteiger partial charge on any atom is 0.251 e. The molecule has 0 spiro atoms. The van der Waals surface area contributed by atoms with Crippen molar-refractivity contribution >= 4 is 15.9 Å². The predicted octanol–water partition coefficient (Wildman–Crippen LogP) is 2.54. The average Bonchev–Trinajstić information content (AvgIpc) is 2.52. The van der Waals surface area contributed by atoms with E-state index in [1.807, 2.05) is 6.92 Å². The maximum atomic E-state index is 12.3. The summed E-state index contributed by atoms with van der Waals surface area (Å²) >= 11 is 0. The molecule has 24 heavy (non-hydrogen) atoms. The Labute approximate surface area is 145 Å². The minimum Gasteiger partial charge on any atom is -0.350 e. The van der Waals surface area contributed by atoms with Gasteiger partial charge in [-0.2, -0.15) is 4.72 Å². The van der Waals surface area contributed by atoms with Crippen molar-refractivity contribution in [1.29, 1.82) is 0 Å². The normalized spacial score (nSPS) is 12.6. The van der Waals surface area contributed by atoms with Gasteiger partial charge in [-0.1, -0.05) is 38.7 Å². The van der Waals surface area contributed by atoms with Crippen LogP contribution in [0.5, 0.6) is 0 Å². The number of sulfonamides is 1. The summed E-state index contributed by atoms with van der Waals surface area (Å²) in [5.74, 6) is 2.58. The number of hydrogen-bond donors (Lipinski definition) is 2. The van der Waals surface area contributed by atoms with Gasteiger partial charge in [0.2, 0.25) is 10.0 Å². The fourth-order valence-corrected chi connectivity index (χ4v) is 3.22. The largest absolute Gasteiger partial charge is 0.350 e. The molecule has 0 radical (unpaired) electrons. The summed E-state index contributed by atoms with van der Waals surface area (Å²) in [5, 5.41) is 2.91. The Hall–Kier alpha value is -1.84. The van der Waals surface area contributed by atoms with Crippen molar-refractivity contribution in [1.82, 2.24) is 10.0 Å². The number of hydrogen-bond acceptors (Lipinski definition) is 3. The van der Waals surface area contributed by atoms with E-state index in [1.165, 1.54) is 12.1 Å². The van der Waals surface area contributed by atoms with Gasteiger partial charge in [0.25, 0.3) is 5.91 Å². The van der Waals surface area contributed by atoms with E-state index in [-0.39, 0.29) is 23.4 Å². The molecule has 0 saturated heterocycles. The molecule has 2 N–H and O–H groups in total. The van der Waals surface area contributed by atoms with E-state index < -0.39 is 10.0 Å². The molecule has 0 bridgehead atoms. The summed E-state index contributed by atoms with van der Waals surface area (Å²) in [6, 6.07) is 5.96. The van der Waals surface area contributed by atoms with E-state index in [4.69, 9.17) is 6.42 Å². The minimum absolute atomic E-state index is 0.0258. The highest BCUT2D eigenvalue weighted by Gasteiger charge is 2.16. The van der Waals surface area contributed by atoms with Crippen LogP contribution in [0.1, 0.15) is 50.4 Å². The molecule has 0 saturated carbocycles. The Bertz CT molecular complexity index is 690. The highest BCUT2D eigenvalue weighted by molar-refractivity contribution is 7.89. The fraction of sp³-hybridized carbons (Fsp3) is 0.500. The standard InChI is InChI=1S/C18H26N2O3S/c1-5-12-19-24(22,23)17-11-7-10-16(13-17)18(21)20-15(4)9-6-8-14(2)3/h1,7,10-11,13-15,19H,6,8-9,12H2,2-4H3,(H,20,21)/t15-/m0/s1. The lowest BCUT2D eigenvalue weighted by Crippen LogP contribution is -2.32. The first-order valence-electron chi connectivity index (χ1n) is 8.10. The van der Waals surface area contributed by atoms with Crippen molar-refractivity contribution < 1.29 is 13.2 Å². The molecule has 0 aliphatic heterocycles. The Balaban J connectivity index is 2.72. The van der Waals surface area contributed by atoms with E-state index in [0.29, 0.717) is 11.5 Å². The van der Waals surface area contributed by atoms with Crippen LogP contribution in [0.25, 0.3) is 0 Å². The molecule has 5 nitrogen and oxygen atoms in total. The zero-order valence-electron chi connectivity index (χ0n) is 14.5. The Kier molecular flexibility index (Phi) is 7.96. The number of terminal acetylenes is 1. The van der Waals surface area contributed by atoms with Crippen LogP contribution in [0.4, 0.5) is 0 Å². The summed E-state index contributed by atoms with van der Waals surface area (Å²) in [6.07, 6.45) is 8.12. The number of amides is 1. The monoisotopic (exact) mass is 350 g/mol. The second-order valence-electron chi connectivity index (χ2n) is 6.26. The molecular formula is C18H26N2O3S. The van der Waals surface area contributed by atoms with Crippen molar-refractivity contribution in [3.63, 3.8) is 0 Å². The van der Waals surface area contributed by atoms with Crippen LogP contribution in [-0.4, -0.2) is 26.9 Å². The molecule has 1 amide bonds. The molecule has 0 aliphatic rings. The number of carbonyl (C=O) groups is 1. The average molecular weight is 350 g/mol. The van der Waals surface area contributed by atoms with Crippen LogP contribution in [0, 0.1) is 18.3 Å². The third-order valence-electron chi connectivity index (χ3n) is 3.57. The van der Waals surface area contributed by atoms with Crippen LogP contribution in [0.2, 0.25) is 0 Å². The number of rotatable bonds is 9. The molecule has 132 valence electrons. The van der Waals surface area contributed by atoms with Crippen LogP contribution < -0.4 is 10.0 Å². The zero-order chi connectivity index (χ0) is 18.2. The van der Waals surface area contributed by atoms with Crippen molar-refractivity contribution in [3.8, 4) is 12.3 Å². The van der Waals surface area contributed by atoms with Crippen LogP contribution >= 0.6 is 0 Å². The molecule has 1 aromatic carbocycles. The van der Waals surface area contributed by atoms with E-state index in [0.717, 1.165) is 19.3 Å². The molecule has 1 aromatic rings. The lowest BCUT2D eigenvalue weighted by Gasteiger charge is -2.15. The third kappa shape index (κ3) is 6.73. The molecule has 0 aliphatic carbocycles. The van der Waals surface area contributed by atoms with Gasteiger partial charge in [-0.05, 0) is 37.5 Å².